The number of nitrogens with zero attached hydrogens (tertiary/aromatic N) is 5. The molecular weight excluding hydrogens is 469 g/mol. The number of nitrogens with one attached hydrogen (secondary N) is 2. The van der Waals surface area contributed by atoms with E-state index in [2.05, 4.69) is 25.5 Å². The molecule has 1 aromatic carbocycles. The molecule has 28 heavy (non-hydrogen) atoms. The summed E-state index contributed by atoms with van der Waals surface area (Å²) in [6, 6.07) is 8.01. The van der Waals surface area contributed by atoms with Crippen LogP contribution in [0.15, 0.2) is 35.6 Å². The summed E-state index contributed by atoms with van der Waals surface area (Å²) in [5.74, 6) is 1.54. The molecule has 2 rings (SSSR count). The molecule has 0 saturated carbocycles. The molecule has 0 aliphatic rings. The molecule has 0 spiro atoms. The van der Waals surface area contributed by atoms with E-state index >= 15 is 0 Å². The summed E-state index contributed by atoms with van der Waals surface area (Å²) in [5.41, 5.74) is 2.03. The zero-order chi connectivity index (χ0) is 19.6. The summed E-state index contributed by atoms with van der Waals surface area (Å²) < 4.78 is 0. The molecule has 0 unspecified atom stereocenters. The quantitative estimate of drug-likeness (QED) is 0.331. The summed E-state index contributed by atoms with van der Waals surface area (Å²) >= 11 is 0. The Morgan fingerprint density at radius 3 is 2.61 bits per heavy atom. The number of H-pyrrole nitrogens is 1. The minimum atomic E-state index is 0. The lowest BCUT2D eigenvalue weighted by molar-refractivity contribution is -0.131. The van der Waals surface area contributed by atoms with Gasteiger partial charge in [0, 0.05) is 32.2 Å². The van der Waals surface area contributed by atoms with Gasteiger partial charge in [-0.2, -0.15) is 5.10 Å². The SMILES string of the molecule is CCNC(=NCc1cccc(-c2ncn[nH]2)c1)N(C)CC(=O)N(CC)CC.I. The first kappa shape index (κ1) is 23.9. The molecule has 2 aromatic rings. The summed E-state index contributed by atoms with van der Waals surface area (Å²) in [6.45, 7) is 8.96. The number of aromatic nitrogens is 3. The summed E-state index contributed by atoms with van der Waals surface area (Å²) in [7, 11) is 1.88. The largest absolute Gasteiger partial charge is 0.357 e. The van der Waals surface area contributed by atoms with Crippen molar-refractivity contribution in [2.24, 2.45) is 4.99 Å². The fourth-order valence-corrected chi connectivity index (χ4v) is 2.75. The van der Waals surface area contributed by atoms with Crippen molar-refractivity contribution in [2.45, 2.75) is 27.3 Å². The van der Waals surface area contributed by atoms with Crippen LogP contribution >= 0.6 is 24.0 Å². The van der Waals surface area contributed by atoms with Crippen LogP contribution < -0.4 is 5.32 Å². The van der Waals surface area contributed by atoms with E-state index in [9.17, 15) is 4.79 Å². The number of likely N-dealkylation sites (N-methyl/N-ethyl adjacent to an activating group) is 2. The van der Waals surface area contributed by atoms with Crippen LogP contribution in [0.1, 0.15) is 26.3 Å². The predicted octanol–water partition coefficient (Wildman–Crippen LogP) is 2.36. The van der Waals surface area contributed by atoms with Crippen LogP contribution in [0.25, 0.3) is 11.4 Å². The topological polar surface area (TPSA) is 89.5 Å². The molecule has 154 valence electrons. The Labute approximate surface area is 183 Å². The van der Waals surface area contributed by atoms with Crippen LogP contribution in [-0.4, -0.2) is 70.1 Å². The third-order valence-corrected chi connectivity index (χ3v) is 4.21. The van der Waals surface area contributed by atoms with E-state index in [1.807, 2.05) is 61.9 Å². The number of hydrogen-bond donors (Lipinski definition) is 2. The molecule has 0 aliphatic carbocycles. The lowest BCUT2D eigenvalue weighted by atomic mass is 10.1. The molecule has 0 saturated heterocycles. The van der Waals surface area contributed by atoms with E-state index in [-0.39, 0.29) is 29.9 Å². The highest BCUT2D eigenvalue weighted by Gasteiger charge is 2.15. The highest BCUT2D eigenvalue weighted by molar-refractivity contribution is 14.0. The Kier molecular flexibility index (Phi) is 10.5. The number of carbonyl (C=O) groups excluding carboxylic acids is 1. The summed E-state index contributed by atoms with van der Waals surface area (Å²) in [4.78, 5) is 24.9. The highest BCUT2D eigenvalue weighted by atomic mass is 127. The van der Waals surface area contributed by atoms with Crippen LogP contribution in [0.3, 0.4) is 0 Å². The number of aromatic amines is 1. The summed E-state index contributed by atoms with van der Waals surface area (Å²) in [6.07, 6.45) is 1.49. The van der Waals surface area contributed by atoms with Gasteiger partial charge in [-0.3, -0.25) is 9.89 Å². The molecule has 0 atom stereocenters. The Morgan fingerprint density at radius 2 is 2.00 bits per heavy atom. The van der Waals surface area contributed by atoms with Gasteiger partial charge in [-0.25, -0.2) is 9.98 Å². The van der Waals surface area contributed by atoms with Crippen LogP contribution in [-0.2, 0) is 11.3 Å². The van der Waals surface area contributed by atoms with Crippen molar-refractivity contribution in [1.29, 1.82) is 0 Å². The third-order valence-electron chi connectivity index (χ3n) is 4.21. The number of benzene rings is 1. The fourth-order valence-electron chi connectivity index (χ4n) is 2.75. The van der Waals surface area contributed by atoms with Crippen molar-refractivity contribution >= 4 is 35.8 Å². The Morgan fingerprint density at radius 1 is 1.25 bits per heavy atom. The normalized spacial score (nSPS) is 10.9. The van der Waals surface area contributed by atoms with Gasteiger partial charge >= 0.3 is 0 Å². The van der Waals surface area contributed by atoms with Crippen molar-refractivity contribution in [2.75, 3.05) is 33.2 Å². The first-order chi connectivity index (χ1) is 13.1. The van der Waals surface area contributed by atoms with Gasteiger partial charge in [-0.1, -0.05) is 18.2 Å². The number of carbonyl (C=O) groups is 1. The van der Waals surface area contributed by atoms with E-state index in [4.69, 9.17) is 0 Å². The van der Waals surface area contributed by atoms with Crippen LogP contribution in [0.5, 0.6) is 0 Å². The molecule has 8 nitrogen and oxygen atoms in total. The lowest BCUT2D eigenvalue weighted by Gasteiger charge is -2.25. The lowest BCUT2D eigenvalue weighted by Crippen LogP contribution is -2.45. The van der Waals surface area contributed by atoms with Gasteiger partial charge in [0.05, 0.1) is 13.1 Å². The second-order valence-electron chi connectivity index (χ2n) is 6.13. The third kappa shape index (κ3) is 6.77. The molecule has 0 aliphatic heterocycles. The standard InChI is InChI=1S/C19H29N7O.HI/c1-5-20-19(25(4)13-17(27)26(6-2)7-3)21-12-15-9-8-10-16(11-15)18-22-14-23-24-18;/h8-11,14H,5-7,12-13H2,1-4H3,(H,20,21)(H,22,23,24);1H. The van der Waals surface area contributed by atoms with E-state index in [0.717, 1.165) is 23.5 Å². The monoisotopic (exact) mass is 499 g/mol. The Hall–Kier alpha value is -2.17. The van der Waals surface area contributed by atoms with Crippen molar-refractivity contribution in [3.8, 4) is 11.4 Å². The van der Waals surface area contributed by atoms with Gasteiger partial charge in [-0.15, -0.1) is 24.0 Å². The second kappa shape index (κ2) is 12.3. The Bertz CT molecular complexity index is 745. The minimum Gasteiger partial charge on any atom is -0.357 e. The maximum Gasteiger partial charge on any atom is 0.242 e. The number of guanidine groups is 1. The molecule has 2 N–H and O–H groups in total. The number of rotatable bonds is 8. The molecule has 1 aromatic heterocycles. The van der Waals surface area contributed by atoms with Crippen molar-refractivity contribution in [3.63, 3.8) is 0 Å². The maximum atomic E-state index is 12.4. The minimum absolute atomic E-state index is 0. The van der Waals surface area contributed by atoms with Gasteiger partial charge in [0.2, 0.25) is 5.91 Å². The smallest absolute Gasteiger partial charge is 0.242 e. The second-order valence-corrected chi connectivity index (χ2v) is 6.13. The molecule has 0 radical (unpaired) electrons. The number of halogens is 1. The zero-order valence-corrected chi connectivity index (χ0v) is 19.3. The average Bonchev–Trinajstić information content (AvgIpc) is 3.21. The van der Waals surface area contributed by atoms with Crippen molar-refractivity contribution < 1.29 is 4.79 Å². The van der Waals surface area contributed by atoms with E-state index in [1.54, 1.807) is 0 Å². The van der Waals surface area contributed by atoms with Crippen molar-refractivity contribution in [1.82, 2.24) is 30.3 Å². The summed E-state index contributed by atoms with van der Waals surface area (Å²) in [5, 5.41) is 10.0. The van der Waals surface area contributed by atoms with E-state index in [1.165, 1.54) is 6.33 Å². The zero-order valence-electron chi connectivity index (χ0n) is 17.0. The van der Waals surface area contributed by atoms with Gasteiger partial charge in [0.15, 0.2) is 11.8 Å². The van der Waals surface area contributed by atoms with Crippen molar-refractivity contribution in [3.05, 3.63) is 36.2 Å². The van der Waals surface area contributed by atoms with Gasteiger partial charge < -0.3 is 15.1 Å². The van der Waals surface area contributed by atoms with E-state index in [0.29, 0.717) is 32.1 Å². The molecule has 0 bridgehead atoms. The van der Waals surface area contributed by atoms with Crippen LogP contribution in [0.2, 0.25) is 0 Å². The number of aliphatic imine (C=N–C) groups is 1. The molecular formula is C19H30IN7O. The van der Waals surface area contributed by atoms with E-state index < -0.39 is 0 Å². The predicted molar refractivity (Wildman–Crippen MR) is 123 cm³/mol. The molecule has 9 heteroatoms. The number of amides is 1. The van der Waals surface area contributed by atoms with Gasteiger partial charge in [0.1, 0.15) is 6.33 Å². The Balaban J connectivity index is 0.00000392. The van der Waals surface area contributed by atoms with Crippen LogP contribution in [0.4, 0.5) is 0 Å². The highest BCUT2D eigenvalue weighted by Crippen LogP contribution is 2.16. The fraction of sp³-hybridized carbons (Fsp3) is 0.474. The molecule has 1 heterocycles. The van der Waals surface area contributed by atoms with Gasteiger partial charge in [-0.05, 0) is 32.4 Å². The van der Waals surface area contributed by atoms with Gasteiger partial charge in [0.25, 0.3) is 0 Å². The number of hydrogen-bond acceptors (Lipinski definition) is 4. The first-order valence-electron chi connectivity index (χ1n) is 9.30. The van der Waals surface area contributed by atoms with Crippen LogP contribution in [0, 0.1) is 0 Å². The molecule has 0 fully saturated rings. The first-order valence-corrected chi connectivity index (χ1v) is 9.30. The average molecular weight is 499 g/mol. The molecule has 1 amide bonds. The maximum absolute atomic E-state index is 12.4.